The van der Waals surface area contributed by atoms with Crippen molar-refractivity contribution in [2.45, 2.75) is 35.6 Å². The third kappa shape index (κ3) is 5.00. The number of amides is 1. The number of hydrogen-bond acceptors (Lipinski definition) is 6. The Kier molecular flexibility index (Phi) is 6.49. The van der Waals surface area contributed by atoms with Crippen LogP contribution in [0.2, 0.25) is 0 Å². The van der Waals surface area contributed by atoms with Crippen LogP contribution in [0.4, 0.5) is 11.4 Å². The molecule has 0 spiro atoms. The smallest absolute Gasteiger partial charge is 0.246 e. The molecule has 1 heterocycles. The van der Waals surface area contributed by atoms with Gasteiger partial charge in [-0.05, 0) is 56.2 Å². The van der Waals surface area contributed by atoms with Gasteiger partial charge in [-0.2, -0.15) is 4.31 Å². The van der Waals surface area contributed by atoms with Gasteiger partial charge in [-0.1, -0.05) is 12.1 Å². The zero-order valence-corrected chi connectivity index (χ0v) is 18.5. The normalized spacial score (nSPS) is 16.2. The van der Waals surface area contributed by atoms with Crippen molar-refractivity contribution in [1.29, 1.82) is 0 Å². The lowest BCUT2D eigenvalue weighted by Crippen LogP contribution is -2.32. The number of rotatable bonds is 7. The molecular formula is C20H25N3O5S2. The van der Waals surface area contributed by atoms with Crippen LogP contribution >= 0.6 is 0 Å². The standard InChI is InChI=1S/C20H25N3O5S2/c1-15(21-18-7-3-4-8-19(18)29(2,25)26)20(24)22-16-9-11-17(12-10-16)30(27,28)23-13-5-6-14-23/h3-4,7-12,15,21H,5-6,13-14H2,1-2H3,(H,22,24). The number of benzene rings is 2. The molecule has 2 aromatic carbocycles. The van der Waals surface area contributed by atoms with Gasteiger partial charge in [0.05, 0.1) is 15.5 Å². The highest BCUT2D eigenvalue weighted by Crippen LogP contribution is 2.23. The second kappa shape index (κ2) is 8.75. The summed E-state index contributed by atoms with van der Waals surface area (Å²) in [6, 6.07) is 11.7. The van der Waals surface area contributed by atoms with Gasteiger partial charge in [0.15, 0.2) is 9.84 Å². The summed E-state index contributed by atoms with van der Waals surface area (Å²) in [4.78, 5) is 12.8. The molecule has 2 N–H and O–H groups in total. The number of sulfone groups is 1. The number of nitrogens with zero attached hydrogens (tertiary/aromatic N) is 1. The van der Waals surface area contributed by atoms with Gasteiger partial charge in [0.2, 0.25) is 15.9 Å². The highest BCUT2D eigenvalue weighted by molar-refractivity contribution is 7.91. The number of anilines is 2. The first-order valence-corrected chi connectivity index (χ1v) is 12.9. The van der Waals surface area contributed by atoms with E-state index in [1.807, 2.05) is 0 Å². The van der Waals surface area contributed by atoms with Crippen molar-refractivity contribution < 1.29 is 21.6 Å². The molecule has 1 saturated heterocycles. The van der Waals surface area contributed by atoms with Crippen LogP contribution in [0.1, 0.15) is 19.8 Å². The van der Waals surface area contributed by atoms with Crippen molar-refractivity contribution in [3.63, 3.8) is 0 Å². The van der Waals surface area contributed by atoms with Crippen LogP contribution < -0.4 is 10.6 Å². The maximum Gasteiger partial charge on any atom is 0.246 e. The molecule has 30 heavy (non-hydrogen) atoms. The van der Waals surface area contributed by atoms with Gasteiger partial charge in [-0.3, -0.25) is 4.79 Å². The van der Waals surface area contributed by atoms with Crippen LogP contribution in [0.25, 0.3) is 0 Å². The van der Waals surface area contributed by atoms with Gasteiger partial charge in [-0.25, -0.2) is 16.8 Å². The minimum atomic E-state index is -3.51. The molecule has 1 amide bonds. The van der Waals surface area contributed by atoms with Crippen molar-refractivity contribution in [2.75, 3.05) is 30.0 Å². The molecule has 0 bridgehead atoms. The summed E-state index contributed by atoms with van der Waals surface area (Å²) in [5, 5.41) is 5.63. The molecule has 8 nitrogen and oxygen atoms in total. The van der Waals surface area contributed by atoms with Gasteiger partial charge in [-0.15, -0.1) is 0 Å². The quantitative estimate of drug-likeness (QED) is 0.668. The number of para-hydroxylation sites is 1. The number of hydrogen-bond donors (Lipinski definition) is 2. The predicted octanol–water partition coefficient (Wildman–Crippen LogP) is 2.31. The van der Waals surface area contributed by atoms with E-state index in [4.69, 9.17) is 0 Å². The second-order valence-electron chi connectivity index (χ2n) is 7.26. The third-order valence-corrected chi connectivity index (χ3v) is 7.94. The molecule has 2 aromatic rings. The molecule has 0 aliphatic carbocycles. The first-order valence-electron chi connectivity index (χ1n) is 9.56. The van der Waals surface area contributed by atoms with E-state index in [0.29, 0.717) is 24.5 Å². The lowest BCUT2D eigenvalue weighted by molar-refractivity contribution is -0.116. The van der Waals surface area contributed by atoms with Crippen molar-refractivity contribution >= 4 is 37.1 Å². The number of carbonyl (C=O) groups excluding carboxylic acids is 1. The van der Waals surface area contributed by atoms with Crippen molar-refractivity contribution in [3.05, 3.63) is 48.5 Å². The first-order chi connectivity index (χ1) is 14.1. The highest BCUT2D eigenvalue weighted by atomic mass is 32.2. The molecule has 1 fully saturated rings. The molecule has 0 aromatic heterocycles. The average molecular weight is 452 g/mol. The summed E-state index contributed by atoms with van der Waals surface area (Å²) in [7, 11) is -6.95. The molecular weight excluding hydrogens is 426 g/mol. The predicted molar refractivity (Wildman–Crippen MR) is 116 cm³/mol. The van der Waals surface area contributed by atoms with Crippen LogP contribution in [-0.4, -0.2) is 52.4 Å². The zero-order valence-electron chi connectivity index (χ0n) is 16.8. The first kappa shape index (κ1) is 22.3. The summed E-state index contributed by atoms with van der Waals surface area (Å²) in [6.07, 6.45) is 2.83. The fourth-order valence-electron chi connectivity index (χ4n) is 3.25. The zero-order chi connectivity index (χ0) is 21.9. The molecule has 1 unspecified atom stereocenters. The molecule has 1 atom stereocenters. The van der Waals surface area contributed by atoms with Crippen molar-refractivity contribution in [2.24, 2.45) is 0 Å². The molecule has 162 valence electrons. The third-order valence-electron chi connectivity index (χ3n) is 4.88. The largest absolute Gasteiger partial charge is 0.373 e. The van der Waals surface area contributed by atoms with Gasteiger partial charge in [0, 0.05) is 25.0 Å². The Bertz CT molecular complexity index is 1120. The Hall–Kier alpha value is -2.43. The maximum absolute atomic E-state index is 12.6. The monoisotopic (exact) mass is 451 g/mol. The Balaban J connectivity index is 1.68. The van der Waals surface area contributed by atoms with Crippen LogP contribution in [-0.2, 0) is 24.7 Å². The molecule has 10 heteroatoms. The van der Waals surface area contributed by atoms with E-state index in [0.717, 1.165) is 19.1 Å². The van der Waals surface area contributed by atoms with E-state index in [1.54, 1.807) is 25.1 Å². The second-order valence-corrected chi connectivity index (χ2v) is 11.2. The Morgan fingerprint density at radius 3 is 2.17 bits per heavy atom. The molecule has 0 radical (unpaired) electrons. The van der Waals surface area contributed by atoms with Crippen LogP contribution in [0.5, 0.6) is 0 Å². The molecule has 1 aliphatic heterocycles. The summed E-state index contributed by atoms with van der Waals surface area (Å²) in [5.74, 6) is -0.381. The molecule has 1 aliphatic rings. The van der Waals surface area contributed by atoms with Gasteiger partial charge in [0.25, 0.3) is 0 Å². The van der Waals surface area contributed by atoms with E-state index in [9.17, 15) is 21.6 Å². The fraction of sp³-hybridized carbons (Fsp3) is 0.350. The molecule has 3 rings (SSSR count). The van der Waals surface area contributed by atoms with Gasteiger partial charge in [0.1, 0.15) is 6.04 Å². The topological polar surface area (TPSA) is 113 Å². The lowest BCUT2D eigenvalue weighted by Gasteiger charge is -2.18. The van der Waals surface area contributed by atoms with Gasteiger partial charge < -0.3 is 10.6 Å². The highest BCUT2D eigenvalue weighted by Gasteiger charge is 2.27. The lowest BCUT2D eigenvalue weighted by atomic mass is 10.2. The Morgan fingerprint density at radius 1 is 0.967 bits per heavy atom. The summed E-state index contributed by atoms with van der Waals surface area (Å²) < 4.78 is 50.4. The summed E-state index contributed by atoms with van der Waals surface area (Å²) in [6.45, 7) is 2.67. The summed E-state index contributed by atoms with van der Waals surface area (Å²) in [5.41, 5.74) is 0.792. The van der Waals surface area contributed by atoms with E-state index >= 15 is 0 Å². The Labute approximate surface area is 177 Å². The SMILES string of the molecule is CC(Nc1ccccc1S(C)(=O)=O)C(=O)Nc1ccc(S(=O)(=O)N2CCCC2)cc1. The minimum Gasteiger partial charge on any atom is -0.373 e. The summed E-state index contributed by atoms with van der Waals surface area (Å²) >= 11 is 0. The van der Waals surface area contributed by atoms with Crippen LogP contribution in [0, 0.1) is 0 Å². The Morgan fingerprint density at radius 2 is 1.57 bits per heavy atom. The van der Waals surface area contributed by atoms with Crippen molar-refractivity contribution in [1.82, 2.24) is 4.31 Å². The van der Waals surface area contributed by atoms with Crippen LogP contribution in [0.3, 0.4) is 0 Å². The van der Waals surface area contributed by atoms with Gasteiger partial charge >= 0.3 is 0 Å². The average Bonchev–Trinajstić information content (AvgIpc) is 3.23. The van der Waals surface area contributed by atoms with E-state index in [2.05, 4.69) is 10.6 Å². The maximum atomic E-state index is 12.6. The molecule has 0 saturated carbocycles. The van der Waals surface area contributed by atoms with E-state index in [1.165, 1.54) is 34.6 Å². The number of carbonyl (C=O) groups is 1. The number of sulfonamides is 1. The minimum absolute atomic E-state index is 0.112. The number of nitrogens with one attached hydrogen (secondary N) is 2. The fourth-order valence-corrected chi connectivity index (χ4v) is 5.62. The van der Waals surface area contributed by atoms with E-state index < -0.39 is 25.9 Å². The van der Waals surface area contributed by atoms with Crippen LogP contribution in [0.15, 0.2) is 58.3 Å². The van der Waals surface area contributed by atoms with Crippen molar-refractivity contribution in [3.8, 4) is 0 Å². The van der Waals surface area contributed by atoms with E-state index in [-0.39, 0.29) is 15.7 Å².